The number of aliphatic hydroxyl groups excluding tert-OH is 7. The van der Waals surface area contributed by atoms with Gasteiger partial charge in [-0.15, -0.1) is 64.3 Å². The molecular formula is C68H109ClN18O15P4. The van der Waals surface area contributed by atoms with Crippen molar-refractivity contribution in [3.05, 3.63) is 37.0 Å². The minimum absolute atomic E-state index is 0.0449. The molecule has 0 radical (unpaired) electrons. The number of fused-ring (bicyclic) bond motifs is 4. The Balaban J connectivity index is 0.000000164. The number of nitrogens with zero attached hydrogens (tertiary/aromatic N) is 16. The van der Waals surface area contributed by atoms with Crippen LogP contribution in [0.2, 0.25) is 0 Å². The third-order valence-corrected chi connectivity index (χ3v) is 24.3. The molecule has 4 aliphatic heterocycles. The Bertz CT molecular complexity index is 4490. The number of hydrogen-bond donors (Lipinski definition) is 9. The molecule has 12 rings (SSSR count). The van der Waals surface area contributed by atoms with Gasteiger partial charge in [-0.1, -0.05) is 20.3 Å². The molecule has 0 amide bonds. The highest BCUT2D eigenvalue weighted by atomic mass is 35.5. The Labute approximate surface area is 623 Å². The molecule has 4 aliphatic rings. The number of ether oxygens (including phenoxy) is 8. The van der Waals surface area contributed by atoms with E-state index in [4.69, 9.17) is 61.0 Å². The van der Waals surface area contributed by atoms with Crippen molar-refractivity contribution in [3.63, 3.8) is 0 Å². The van der Waals surface area contributed by atoms with Gasteiger partial charge in [-0.25, -0.2) is 29.9 Å². The molecule has 588 valence electrons. The topological polar surface area (TPSA) is 442 Å². The Morgan fingerprint density at radius 2 is 0.736 bits per heavy atom. The maximum atomic E-state index is 10.6. The zero-order valence-electron chi connectivity index (χ0n) is 63.1. The molecule has 11 N–H and O–H groups in total. The quantitative estimate of drug-likeness (QED) is 0.0181. The summed E-state index contributed by atoms with van der Waals surface area (Å²) in [7, 11) is 1.52. The Morgan fingerprint density at radius 1 is 0.425 bits per heavy atom. The lowest BCUT2D eigenvalue weighted by Crippen LogP contribution is -2.31. The largest absolute Gasteiger partial charge is 0.479 e. The van der Waals surface area contributed by atoms with E-state index in [9.17, 15) is 35.7 Å². The van der Waals surface area contributed by atoms with Gasteiger partial charge in [0.05, 0.1) is 76.7 Å². The molecule has 0 saturated carbocycles. The van der Waals surface area contributed by atoms with Crippen molar-refractivity contribution in [1.29, 1.82) is 0 Å². The van der Waals surface area contributed by atoms with Gasteiger partial charge in [0.1, 0.15) is 59.8 Å². The zero-order chi connectivity index (χ0) is 77.7. The number of aromatic nitrogens is 16. The lowest BCUT2D eigenvalue weighted by Gasteiger charge is -2.19. The molecular weight excluding hydrogens is 1470 g/mol. The normalized spacial score (nSPS) is 26.2. The van der Waals surface area contributed by atoms with E-state index in [0.29, 0.717) is 119 Å². The first-order valence-electron chi connectivity index (χ1n) is 35.4. The van der Waals surface area contributed by atoms with Gasteiger partial charge < -0.3 is 85.1 Å². The molecule has 8 aromatic heterocycles. The fourth-order valence-corrected chi connectivity index (χ4v) is 16.5. The van der Waals surface area contributed by atoms with Gasteiger partial charge >= 0.3 is 0 Å². The number of aryl methyl sites for hydroxylation is 2. The lowest BCUT2D eigenvalue weighted by atomic mass is 10.1. The van der Waals surface area contributed by atoms with Crippen LogP contribution in [-0.4, -0.2) is 316 Å². The number of rotatable bonds is 26. The molecule has 0 spiro atoms. The minimum atomic E-state index is -1.26. The summed E-state index contributed by atoms with van der Waals surface area (Å²) in [6.45, 7) is 23.2. The highest BCUT2D eigenvalue weighted by Crippen LogP contribution is 2.45. The van der Waals surface area contributed by atoms with E-state index < -0.39 is 119 Å². The third kappa shape index (κ3) is 20.5. The monoisotopic (exact) mass is 1580 g/mol. The number of nitrogens with two attached hydrogens (primary N) is 2. The second-order valence-corrected chi connectivity index (χ2v) is 47.6. The first-order chi connectivity index (χ1) is 49.8. The van der Waals surface area contributed by atoms with Crippen molar-refractivity contribution in [2.45, 2.75) is 177 Å². The molecule has 16 atom stereocenters. The SMILES string of the molecule is C=P(C)(C)CC[C@H]1OC(n2cnc3c(OC)nc(C)nc32)[C@H](O)[C@@H]1O.C=P(C)(C)CC[C@H]1OC(n2cnc3c(OCC)nc(C)nc32)[C@H](Cl)[C@@H]1O.C=P(C)(C)CC[C@H]1OC(n2cnc3c(OCCC)nc(N)nc32)[C@H](O)[C@@H]1O.C=P(C)(C)CC[C@H]1OC(n2cnc3c(OCCCC)nc(N)nc32)[C@H](O)[C@@H]1O. The summed E-state index contributed by atoms with van der Waals surface area (Å²) in [5.41, 5.74) is 15.5. The van der Waals surface area contributed by atoms with Gasteiger partial charge in [0.25, 0.3) is 0 Å². The van der Waals surface area contributed by atoms with E-state index in [1.807, 2.05) is 13.8 Å². The maximum absolute atomic E-state index is 10.6. The summed E-state index contributed by atoms with van der Waals surface area (Å²) in [4.78, 5) is 51.4. The van der Waals surface area contributed by atoms with Crippen LogP contribution in [0.4, 0.5) is 11.9 Å². The van der Waals surface area contributed by atoms with Crippen molar-refractivity contribution in [1.82, 2.24) is 78.1 Å². The van der Waals surface area contributed by atoms with Gasteiger partial charge in [-0.2, -0.15) is 29.9 Å². The molecule has 4 saturated heterocycles. The minimum Gasteiger partial charge on any atom is -0.479 e. The lowest BCUT2D eigenvalue weighted by molar-refractivity contribution is -0.0353. The summed E-state index contributed by atoms with van der Waals surface area (Å²) in [5, 5.41) is 72.8. The van der Waals surface area contributed by atoms with Crippen LogP contribution in [0.1, 0.15) is 102 Å². The van der Waals surface area contributed by atoms with E-state index in [1.54, 1.807) is 38.4 Å². The molecule has 38 heteroatoms. The number of methoxy groups -OCH3 is 1. The summed E-state index contributed by atoms with van der Waals surface area (Å²) in [6.07, 6.45) is 20.2. The van der Waals surface area contributed by atoms with Gasteiger partial charge in [0.2, 0.25) is 35.4 Å². The van der Waals surface area contributed by atoms with Crippen molar-refractivity contribution in [2.24, 2.45) is 0 Å². The molecule has 4 unspecified atom stereocenters. The summed E-state index contributed by atoms with van der Waals surface area (Å²) in [6, 6.07) is 0. The fourth-order valence-electron chi connectivity index (χ4n) is 12.3. The predicted molar refractivity (Wildman–Crippen MR) is 422 cm³/mol. The molecule has 106 heavy (non-hydrogen) atoms. The first-order valence-corrected chi connectivity index (χ1v) is 48.1. The highest BCUT2D eigenvalue weighted by Gasteiger charge is 2.48. The van der Waals surface area contributed by atoms with Crippen LogP contribution in [0.15, 0.2) is 25.3 Å². The summed E-state index contributed by atoms with van der Waals surface area (Å²) in [5.74, 6) is 2.62. The van der Waals surface area contributed by atoms with Crippen LogP contribution in [0.3, 0.4) is 0 Å². The Hall–Kier alpha value is -5.95. The van der Waals surface area contributed by atoms with Gasteiger partial charge in [-0.3, -0.25) is 18.3 Å². The zero-order valence-corrected chi connectivity index (χ0v) is 67.5. The van der Waals surface area contributed by atoms with Crippen LogP contribution in [0.25, 0.3) is 44.7 Å². The van der Waals surface area contributed by atoms with E-state index >= 15 is 0 Å². The number of halogens is 1. The number of imidazole rings is 4. The molecule has 12 heterocycles. The smallest absolute Gasteiger partial charge is 0.247 e. The van der Waals surface area contributed by atoms with Crippen LogP contribution < -0.4 is 30.4 Å². The molecule has 33 nitrogen and oxygen atoms in total. The number of nitrogen functional groups attached to an aromatic ring is 2. The standard InChI is InChI=1S/C18H30N5O4P.C17H26ClN4O3P.C17H28N5O4P.C16H25N4O4P/c1-5-6-8-26-16-12-15(21-18(19)22-16)23(10-20-12)17-14(25)13(24)11(27-17)7-9-28(2,3)4;1-6-24-16-13-15(20-10(2)21-16)22(9-19-13)17-12(18)14(23)11(25-17)7-8-26(3,4)5;1-5-7-25-15-11-14(20-17(18)21-15)22(9-19-11)16-13(24)12(23)10(26-16)6-8-27(2,3)4;1-9-18-14-11(15(19-9)23-2)17-8-20(14)16-13(22)12(21)10(24-16)6-7-25(3,4)5/h10-11,13-14,17,24-25H,2,5-9H2,1,3-4H3,(H2,19,21,22);9,11-12,14,17,23H,3,6-8H2,1-2,4-5H3;9-10,12-13,16,23-24H,2,5-8H2,1,3-4H3,(H2,18,20,21);8,10,12-13,16,21-22H,3,6-7H2,1-2,4-5H3/t11-,13-,14-,17?;11-,12-,14-,17?;2*10-,12-,13-,16?/m1111/s1. The highest BCUT2D eigenvalue weighted by molar-refractivity contribution is 7.73. The number of anilines is 2. The Kier molecular flexibility index (Phi) is 28.1. The Morgan fingerprint density at radius 3 is 1.08 bits per heavy atom. The maximum Gasteiger partial charge on any atom is 0.247 e. The van der Waals surface area contributed by atoms with Crippen molar-refractivity contribution in [2.75, 3.05) is 116 Å². The second-order valence-electron chi connectivity index (χ2n) is 29.8. The summed E-state index contributed by atoms with van der Waals surface area (Å²) >= 11 is 6.50. The fraction of sp³-hybridized carbons (Fsp3) is 0.647. The van der Waals surface area contributed by atoms with Crippen molar-refractivity contribution in [3.8, 4) is 23.5 Å². The molecule has 4 fully saturated rings. The van der Waals surface area contributed by atoms with E-state index in [1.165, 1.54) is 26.1 Å². The van der Waals surface area contributed by atoms with Gasteiger partial charge in [0, 0.05) is 0 Å². The van der Waals surface area contributed by atoms with Crippen molar-refractivity contribution >= 4 is 121 Å². The number of alkyl halides is 1. The second kappa shape index (κ2) is 35.4. The number of aliphatic hydroxyl groups is 7. The third-order valence-electron chi connectivity index (χ3n) is 17.9. The molecule has 0 aliphatic carbocycles. The van der Waals surface area contributed by atoms with Crippen LogP contribution in [-0.2, 0) is 18.9 Å². The number of unbranched alkanes of at least 4 members (excludes halogenated alkanes) is 1. The van der Waals surface area contributed by atoms with Crippen LogP contribution in [0, 0.1) is 13.8 Å². The van der Waals surface area contributed by atoms with Gasteiger partial charge in [-0.05, 0) is 137 Å². The van der Waals surface area contributed by atoms with Crippen LogP contribution in [0.5, 0.6) is 23.5 Å². The molecule has 8 aromatic rings. The van der Waals surface area contributed by atoms with Crippen molar-refractivity contribution < 1.29 is 73.6 Å². The van der Waals surface area contributed by atoms with E-state index in [-0.39, 0.29) is 18.0 Å². The van der Waals surface area contributed by atoms with Gasteiger partial charge in [0.15, 0.2) is 69.6 Å². The van der Waals surface area contributed by atoms with Crippen LogP contribution >= 0.6 is 39.1 Å². The average molecular weight is 1580 g/mol. The molecule has 0 aromatic carbocycles. The van der Waals surface area contributed by atoms with E-state index in [2.05, 4.69) is 145 Å². The molecule has 0 bridgehead atoms. The predicted octanol–water partition coefficient (Wildman–Crippen LogP) is 5.58. The van der Waals surface area contributed by atoms with E-state index in [0.717, 1.165) is 50.3 Å². The average Bonchev–Trinajstić information content (AvgIpc) is 1.63. The first kappa shape index (κ1) is 84.1. The summed E-state index contributed by atoms with van der Waals surface area (Å²) < 4.78 is 52.7. The number of hydrogen-bond acceptors (Lipinski definition) is 29.